The zero-order valence-corrected chi connectivity index (χ0v) is 13.7. The lowest BCUT2D eigenvalue weighted by Crippen LogP contribution is -2.31. The van der Waals surface area contributed by atoms with E-state index in [0.717, 1.165) is 29.1 Å². The van der Waals surface area contributed by atoms with E-state index in [1.54, 1.807) is 6.20 Å². The molecule has 3 aromatic rings. The van der Waals surface area contributed by atoms with Crippen molar-refractivity contribution in [3.63, 3.8) is 0 Å². The fourth-order valence-corrected chi connectivity index (χ4v) is 3.18. The lowest BCUT2D eigenvalue weighted by atomic mass is 10.1. The molecule has 5 nitrogen and oxygen atoms in total. The zero-order valence-electron chi connectivity index (χ0n) is 13.7. The summed E-state index contributed by atoms with van der Waals surface area (Å²) < 4.78 is 0. The minimum absolute atomic E-state index is 0.0256. The monoisotopic (exact) mass is 318 g/mol. The maximum absolute atomic E-state index is 11.9. The number of hydrogen-bond donors (Lipinski definition) is 2. The summed E-state index contributed by atoms with van der Waals surface area (Å²) in [5.74, 6) is 0.665. The van der Waals surface area contributed by atoms with Crippen molar-refractivity contribution >= 4 is 5.91 Å². The molecule has 0 bridgehead atoms. The van der Waals surface area contributed by atoms with Gasteiger partial charge in [0, 0.05) is 30.4 Å². The Kier molecular flexibility index (Phi) is 3.41. The molecule has 0 saturated carbocycles. The van der Waals surface area contributed by atoms with Crippen LogP contribution in [0.2, 0.25) is 0 Å². The molecule has 3 heterocycles. The Hall–Kier alpha value is -2.95. The SMILES string of the molecule is Cc1cc(C)cc(-c2nccc(-c3cc4c([nH]3)CCNC4=O)n2)c1. The van der Waals surface area contributed by atoms with Crippen molar-refractivity contribution in [3.8, 4) is 22.8 Å². The minimum atomic E-state index is -0.0256. The highest BCUT2D eigenvalue weighted by Gasteiger charge is 2.20. The van der Waals surface area contributed by atoms with E-state index in [1.807, 2.05) is 12.1 Å². The van der Waals surface area contributed by atoms with Crippen LogP contribution in [0.15, 0.2) is 36.5 Å². The van der Waals surface area contributed by atoms with Gasteiger partial charge in [0.2, 0.25) is 0 Å². The van der Waals surface area contributed by atoms with Gasteiger partial charge in [0.05, 0.1) is 17.0 Å². The maximum Gasteiger partial charge on any atom is 0.253 e. The summed E-state index contributed by atoms with van der Waals surface area (Å²) in [4.78, 5) is 24.4. The van der Waals surface area contributed by atoms with Gasteiger partial charge in [-0.1, -0.05) is 17.2 Å². The number of carbonyl (C=O) groups excluding carboxylic acids is 1. The number of rotatable bonds is 2. The molecule has 24 heavy (non-hydrogen) atoms. The van der Waals surface area contributed by atoms with Gasteiger partial charge in [0.15, 0.2) is 5.82 Å². The van der Waals surface area contributed by atoms with E-state index >= 15 is 0 Å². The van der Waals surface area contributed by atoms with E-state index in [4.69, 9.17) is 0 Å². The second-order valence-electron chi connectivity index (χ2n) is 6.22. The first-order valence-electron chi connectivity index (χ1n) is 8.02. The standard InChI is InChI=1S/C19H18N4O/c1-11-7-12(2)9-13(8-11)18-20-5-4-16(23-18)17-10-14-15(22-17)3-6-21-19(14)24/h4-5,7-10,22H,3,6H2,1-2H3,(H,21,24). The zero-order chi connectivity index (χ0) is 16.7. The Labute approximate surface area is 140 Å². The largest absolute Gasteiger partial charge is 0.356 e. The number of aromatic amines is 1. The number of aromatic nitrogens is 3. The van der Waals surface area contributed by atoms with Gasteiger partial charge < -0.3 is 10.3 Å². The average molecular weight is 318 g/mol. The molecule has 0 atom stereocenters. The maximum atomic E-state index is 11.9. The van der Waals surface area contributed by atoms with E-state index in [-0.39, 0.29) is 5.91 Å². The summed E-state index contributed by atoms with van der Waals surface area (Å²) in [5.41, 5.74) is 6.70. The number of benzene rings is 1. The predicted molar refractivity (Wildman–Crippen MR) is 92.8 cm³/mol. The van der Waals surface area contributed by atoms with E-state index in [1.165, 1.54) is 11.1 Å². The summed E-state index contributed by atoms with van der Waals surface area (Å²) >= 11 is 0. The summed E-state index contributed by atoms with van der Waals surface area (Å²) in [5, 5.41) is 2.86. The van der Waals surface area contributed by atoms with Gasteiger partial charge in [-0.2, -0.15) is 0 Å². The third kappa shape index (κ3) is 2.58. The second-order valence-corrected chi connectivity index (χ2v) is 6.22. The van der Waals surface area contributed by atoms with Crippen LogP contribution in [0.4, 0.5) is 0 Å². The average Bonchev–Trinajstić information content (AvgIpc) is 3.00. The smallest absolute Gasteiger partial charge is 0.253 e. The van der Waals surface area contributed by atoms with Crippen molar-refractivity contribution in [3.05, 3.63) is 58.9 Å². The van der Waals surface area contributed by atoms with Crippen LogP contribution in [0.1, 0.15) is 27.2 Å². The van der Waals surface area contributed by atoms with Crippen molar-refractivity contribution in [1.29, 1.82) is 0 Å². The topological polar surface area (TPSA) is 70.7 Å². The number of H-pyrrole nitrogens is 1. The Morgan fingerprint density at radius 3 is 2.62 bits per heavy atom. The highest BCUT2D eigenvalue weighted by atomic mass is 16.1. The van der Waals surface area contributed by atoms with Crippen molar-refractivity contribution in [1.82, 2.24) is 20.3 Å². The molecule has 1 aromatic carbocycles. The Balaban J connectivity index is 1.77. The van der Waals surface area contributed by atoms with Crippen LogP contribution in [0, 0.1) is 13.8 Å². The fourth-order valence-electron chi connectivity index (χ4n) is 3.18. The minimum Gasteiger partial charge on any atom is -0.356 e. The molecule has 0 radical (unpaired) electrons. The third-order valence-electron chi connectivity index (χ3n) is 4.22. The van der Waals surface area contributed by atoms with Gasteiger partial charge in [0.1, 0.15) is 0 Å². The van der Waals surface area contributed by atoms with Gasteiger partial charge in [-0.05, 0) is 38.1 Å². The fraction of sp³-hybridized carbons (Fsp3) is 0.211. The van der Waals surface area contributed by atoms with Crippen LogP contribution in [0.25, 0.3) is 22.8 Å². The molecule has 1 aliphatic rings. The number of nitrogens with zero attached hydrogens (tertiary/aromatic N) is 2. The second kappa shape index (κ2) is 5.60. The van der Waals surface area contributed by atoms with Gasteiger partial charge >= 0.3 is 0 Å². The molecule has 0 aliphatic carbocycles. The molecule has 2 aromatic heterocycles. The first kappa shape index (κ1) is 14.6. The Morgan fingerprint density at radius 1 is 1.08 bits per heavy atom. The number of fused-ring (bicyclic) bond motifs is 1. The Morgan fingerprint density at radius 2 is 1.88 bits per heavy atom. The molecule has 120 valence electrons. The van der Waals surface area contributed by atoms with Crippen LogP contribution in [0.3, 0.4) is 0 Å². The van der Waals surface area contributed by atoms with Gasteiger partial charge in [0.25, 0.3) is 5.91 Å². The van der Waals surface area contributed by atoms with Gasteiger partial charge in [-0.25, -0.2) is 9.97 Å². The highest BCUT2D eigenvalue weighted by Crippen LogP contribution is 2.25. The van der Waals surface area contributed by atoms with E-state index in [0.29, 0.717) is 17.9 Å². The molecular weight excluding hydrogens is 300 g/mol. The molecule has 1 amide bonds. The van der Waals surface area contributed by atoms with Crippen LogP contribution < -0.4 is 5.32 Å². The predicted octanol–water partition coefficient (Wildman–Crippen LogP) is 3.04. The van der Waals surface area contributed by atoms with Crippen LogP contribution in [-0.2, 0) is 6.42 Å². The third-order valence-corrected chi connectivity index (χ3v) is 4.22. The quantitative estimate of drug-likeness (QED) is 0.763. The number of hydrogen-bond acceptors (Lipinski definition) is 3. The number of nitrogens with one attached hydrogen (secondary N) is 2. The summed E-state index contributed by atoms with van der Waals surface area (Å²) in [7, 11) is 0. The van der Waals surface area contributed by atoms with Crippen molar-refractivity contribution in [2.75, 3.05) is 6.54 Å². The number of amides is 1. The number of carbonyl (C=O) groups is 1. The van der Waals surface area contributed by atoms with E-state index in [2.05, 4.69) is 52.3 Å². The molecule has 0 fully saturated rings. The van der Waals surface area contributed by atoms with Crippen molar-refractivity contribution in [2.24, 2.45) is 0 Å². The molecule has 0 saturated heterocycles. The Bertz CT molecular complexity index is 922. The molecule has 0 unspecified atom stereocenters. The molecule has 5 heteroatoms. The van der Waals surface area contributed by atoms with Crippen LogP contribution in [0.5, 0.6) is 0 Å². The first-order valence-corrected chi connectivity index (χ1v) is 8.02. The van der Waals surface area contributed by atoms with Crippen LogP contribution in [-0.4, -0.2) is 27.4 Å². The molecule has 1 aliphatic heterocycles. The van der Waals surface area contributed by atoms with Crippen molar-refractivity contribution in [2.45, 2.75) is 20.3 Å². The van der Waals surface area contributed by atoms with Gasteiger partial charge in [-0.15, -0.1) is 0 Å². The van der Waals surface area contributed by atoms with Crippen LogP contribution >= 0.6 is 0 Å². The molecule has 2 N–H and O–H groups in total. The molecular formula is C19H18N4O. The van der Waals surface area contributed by atoms with Crippen molar-refractivity contribution < 1.29 is 4.79 Å². The van der Waals surface area contributed by atoms with E-state index in [9.17, 15) is 4.79 Å². The lowest BCUT2D eigenvalue weighted by molar-refractivity contribution is 0.0946. The highest BCUT2D eigenvalue weighted by molar-refractivity contribution is 5.97. The summed E-state index contributed by atoms with van der Waals surface area (Å²) in [6, 6.07) is 10.0. The summed E-state index contributed by atoms with van der Waals surface area (Å²) in [6.07, 6.45) is 2.57. The molecule has 0 spiro atoms. The first-order chi connectivity index (χ1) is 11.6. The van der Waals surface area contributed by atoms with Gasteiger partial charge in [-0.3, -0.25) is 4.79 Å². The normalized spacial score (nSPS) is 13.5. The lowest BCUT2D eigenvalue weighted by Gasteiger charge is -2.10. The molecule has 4 rings (SSSR count). The summed E-state index contributed by atoms with van der Waals surface area (Å²) in [6.45, 7) is 4.80. The number of aryl methyl sites for hydroxylation is 2. The van der Waals surface area contributed by atoms with E-state index < -0.39 is 0 Å².